The Labute approximate surface area is 343 Å². The molecule has 0 atom stereocenters. The zero-order valence-electron chi connectivity index (χ0n) is 31.2. The van der Waals surface area contributed by atoms with Gasteiger partial charge in [-0.25, -0.2) is 0 Å². The Morgan fingerprint density at radius 1 is 0.310 bits per heavy atom. The zero-order valence-corrected chi connectivity index (χ0v) is 32.9. The van der Waals surface area contributed by atoms with Gasteiger partial charge in [-0.1, -0.05) is 121 Å². The third kappa shape index (κ3) is 5.45. The van der Waals surface area contributed by atoms with E-state index in [0.29, 0.717) is 0 Å². The zero-order chi connectivity index (χ0) is 38.2. The van der Waals surface area contributed by atoms with Gasteiger partial charge in [0.05, 0.1) is 0 Å². The first-order valence-corrected chi connectivity index (χ1v) is 21.2. The molecule has 0 saturated carbocycles. The second-order valence-corrected chi connectivity index (χ2v) is 17.0. The lowest BCUT2D eigenvalue weighted by Gasteiger charge is -2.26. The number of furan rings is 1. The molecule has 0 unspecified atom stereocenters. The summed E-state index contributed by atoms with van der Waals surface area (Å²) in [6, 6.07) is 72.8. The predicted octanol–water partition coefficient (Wildman–Crippen LogP) is 16.8. The lowest BCUT2D eigenvalue weighted by molar-refractivity contribution is 0.670. The van der Waals surface area contributed by atoms with Gasteiger partial charge in [-0.2, -0.15) is 0 Å². The number of para-hydroxylation sites is 2. The summed E-state index contributed by atoms with van der Waals surface area (Å²) in [5.74, 6) is 0. The van der Waals surface area contributed by atoms with Gasteiger partial charge in [-0.15, -0.1) is 22.7 Å². The predicted molar refractivity (Wildman–Crippen MR) is 250 cm³/mol. The van der Waals surface area contributed by atoms with Crippen LogP contribution < -0.4 is 4.90 Å². The molecule has 0 N–H and O–H groups in total. The van der Waals surface area contributed by atoms with Crippen LogP contribution >= 0.6 is 22.7 Å². The van der Waals surface area contributed by atoms with Gasteiger partial charge in [0.1, 0.15) is 11.2 Å². The van der Waals surface area contributed by atoms with E-state index in [1.807, 2.05) is 34.8 Å². The fourth-order valence-electron chi connectivity index (χ4n) is 8.65. The number of thiophene rings is 2. The van der Waals surface area contributed by atoms with E-state index in [-0.39, 0.29) is 0 Å². The van der Waals surface area contributed by atoms with Gasteiger partial charge in [0.2, 0.25) is 0 Å². The Hall–Kier alpha value is -6.98. The van der Waals surface area contributed by atoms with Crippen molar-refractivity contribution in [3.63, 3.8) is 0 Å². The Kier molecular flexibility index (Phi) is 7.62. The fraction of sp³-hybridized carbons (Fsp3) is 0. The van der Waals surface area contributed by atoms with E-state index in [2.05, 4.69) is 193 Å². The summed E-state index contributed by atoms with van der Waals surface area (Å²) in [7, 11) is 0. The standard InChI is InChI=1S/C54H33NOS2/c1-4-16-49-43(11-1)46-15-8-14-42(54(46)56-49)35-21-27-40(28-22-35)55(39-25-19-34(20-26-39)37-23-29-52-47(32-37)44-12-2-5-17-50(44)57-52)41-10-7-9-36(31-41)38-24-30-53-48(33-38)45-13-3-6-18-51(45)58-53/h1-33H. The highest BCUT2D eigenvalue weighted by Gasteiger charge is 2.17. The van der Waals surface area contributed by atoms with E-state index in [1.54, 1.807) is 0 Å². The van der Waals surface area contributed by atoms with Crippen molar-refractivity contribution in [1.29, 1.82) is 0 Å². The van der Waals surface area contributed by atoms with Crippen molar-refractivity contribution in [2.45, 2.75) is 0 Å². The third-order valence-corrected chi connectivity index (χ3v) is 13.8. The monoisotopic (exact) mass is 775 g/mol. The molecule has 12 aromatic rings. The summed E-state index contributed by atoms with van der Waals surface area (Å²) in [6.45, 7) is 0. The van der Waals surface area contributed by atoms with Crippen molar-refractivity contribution in [2.24, 2.45) is 0 Å². The van der Waals surface area contributed by atoms with Gasteiger partial charge in [0.25, 0.3) is 0 Å². The van der Waals surface area contributed by atoms with E-state index in [0.717, 1.165) is 50.1 Å². The molecule has 0 bridgehead atoms. The van der Waals surface area contributed by atoms with Crippen molar-refractivity contribution in [2.75, 3.05) is 4.90 Å². The SMILES string of the molecule is c1cc(-c2ccc3sc4ccccc4c3c2)cc(N(c2ccc(-c3ccc4sc5ccccc5c4c3)cc2)c2ccc(-c3cccc4c3oc3ccccc34)cc2)c1. The minimum absolute atomic E-state index is 0.908. The number of hydrogen-bond donors (Lipinski definition) is 0. The number of hydrogen-bond acceptors (Lipinski definition) is 4. The van der Waals surface area contributed by atoms with Crippen LogP contribution in [-0.2, 0) is 0 Å². The Balaban J connectivity index is 0.962. The van der Waals surface area contributed by atoms with Gasteiger partial charge in [0.15, 0.2) is 0 Å². The minimum atomic E-state index is 0.908. The topological polar surface area (TPSA) is 16.4 Å². The third-order valence-electron chi connectivity index (χ3n) is 11.5. The second kappa shape index (κ2) is 13.3. The summed E-state index contributed by atoms with van der Waals surface area (Å²) < 4.78 is 11.7. The molecule has 0 aliphatic rings. The lowest BCUT2D eigenvalue weighted by atomic mass is 10.00. The minimum Gasteiger partial charge on any atom is -0.455 e. The second-order valence-electron chi connectivity index (χ2n) is 14.9. The van der Waals surface area contributed by atoms with Crippen molar-refractivity contribution in [3.8, 4) is 33.4 Å². The molecule has 272 valence electrons. The average Bonchev–Trinajstić information content (AvgIpc) is 3.98. The molecule has 0 aliphatic carbocycles. The molecule has 3 aromatic heterocycles. The molecule has 0 amide bonds. The average molecular weight is 776 g/mol. The molecular weight excluding hydrogens is 743 g/mol. The van der Waals surface area contributed by atoms with Crippen LogP contribution in [-0.4, -0.2) is 0 Å². The summed E-state index contributed by atoms with van der Waals surface area (Å²) in [6.07, 6.45) is 0. The molecule has 12 rings (SSSR count). The van der Waals surface area contributed by atoms with Gasteiger partial charge >= 0.3 is 0 Å². The smallest absolute Gasteiger partial charge is 0.143 e. The van der Waals surface area contributed by atoms with Crippen LogP contribution in [0.15, 0.2) is 205 Å². The van der Waals surface area contributed by atoms with Gasteiger partial charge in [-0.05, 0) is 107 Å². The molecule has 0 spiro atoms. The number of nitrogens with zero attached hydrogens (tertiary/aromatic N) is 1. The molecule has 0 aliphatic heterocycles. The lowest BCUT2D eigenvalue weighted by Crippen LogP contribution is -2.10. The molecular formula is C54H33NOS2. The maximum atomic E-state index is 6.43. The maximum absolute atomic E-state index is 6.43. The van der Waals surface area contributed by atoms with E-state index in [4.69, 9.17) is 4.42 Å². The van der Waals surface area contributed by atoms with Crippen LogP contribution in [0.1, 0.15) is 0 Å². The van der Waals surface area contributed by atoms with E-state index < -0.39 is 0 Å². The summed E-state index contributed by atoms with van der Waals surface area (Å²) in [4.78, 5) is 2.37. The van der Waals surface area contributed by atoms with Gasteiger partial charge < -0.3 is 9.32 Å². The first-order valence-electron chi connectivity index (χ1n) is 19.6. The molecule has 2 nitrogen and oxygen atoms in total. The number of benzene rings is 9. The van der Waals surface area contributed by atoms with Crippen LogP contribution in [0.5, 0.6) is 0 Å². The molecule has 0 fully saturated rings. The van der Waals surface area contributed by atoms with Crippen LogP contribution in [0.4, 0.5) is 17.1 Å². The highest BCUT2D eigenvalue weighted by Crippen LogP contribution is 2.42. The summed E-state index contributed by atoms with van der Waals surface area (Å²) in [5, 5.41) is 7.52. The molecule has 58 heavy (non-hydrogen) atoms. The van der Waals surface area contributed by atoms with Crippen LogP contribution in [0.2, 0.25) is 0 Å². The highest BCUT2D eigenvalue weighted by atomic mass is 32.1. The first-order chi connectivity index (χ1) is 28.7. The molecule has 9 aromatic carbocycles. The van der Waals surface area contributed by atoms with Crippen LogP contribution in [0, 0.1) is 0 Å². The summed E-state index contributed by atoms with van der Waals surface area (Å²) >= 11 is 3.71. The van der Waals surface area contributed by atoms with E-state index in [1.165, 1.54) is 62.6 Å². The van der Waals surface area contributed by atoms with E-state index >= 15 is 0 Å². The Bertz CT molecular complexity index is 3520. The van der Waals surface area contributed by atoms with Crippen LogP contribution in [0.3, 0.4) is 0 Å². The largest absolute Gasteiger partial charge is 0.455 e. The Morgan fingerprint density at radius 2 is 0.810 bits per heavy atom. The van der Waals surface area contributed by atoms with Crippen molar-refractivity contribution in [3.05, 3.63) is 200 Å². The number of fused-ring (bicyclic) bond motifs is 9. The summed E-state index contributed by atoms with van der Waals surface area (Å²) in [5.41, 5.74) is 12.1. The van der Waals surface area contributed by atoms with Gasteiger partial charge in [0, 0.05) is 73.7 Å². The molecule has 0 saturated heterocycles. The Morgan fingerprint density at radius 3 is 1.48 bits per heavy atom. The maximum Gasteiger partial charge on any atom is 0.143 e. The molecule has 0 radical (unpaired) electrons. The van der Waals surface area contributed by atoms with Gasteiger partial charge in [-0.3, -0.25) is 0 Å². The fourth-order valence-corrected chi connectivity index (χ4v) is 10.8. The van der Waals surface area contributed by atoms with Crippen LogP contribution in [0.25, 0.3) is 95.7 Å². The van der Waals surface area contributed by atoms with E-state index in [9.17, 15) is 0 Å². The van der Waals surface area contributed by atoms with Crippen molar-refractivity contribution < 1.29 is 4.42 Å². The van der Waals surface area contributed by atoms with Crippen molar-refractivity contribution in [1.82, 2.24) is 0 Å². The number of anilines is 3. The normalized spacial score (nSPS) is 11.8. The first kappa shape index (κ1) is 33.2. The molecule has 4 heteroatoms. The van der Waals surface area contributed by atoms with Crippen molar-refractivity contribution >= 4 is 102 Å². The molecule has 3 heterocycles. The quantitative estimate of drug-likeness (QED) is 0.167. The number of rotatable bonds is 6. The highest BCUT2D eigenvalue weighted by molar-refractivity contribution is 7.26.